The van der Waals surface area contributed by atoms with Gasteiger partial charge in [0.25, 0.3) is 5.91 Å². The summed E-state index contributed by atoms with van der Waals surface area (Å²) >= 11 is 0.989. The number of piperazine rings is 1. The molecule has 5 rings (SSSR count). The molecule has 0 bridgehead atoms. The van der Waals surface area contributed by atoms with Crippen LogP contribution in [0, 0.1) is 5.41 Å². The number of fused-ring (bicyclic) bond motifs is 1. The maximum Gasteiger partial charge on any atom is 0.399 e. The first-order valence-electron chi connectivity index (χ1n) is 15.6. The van der Waals surface area contributed by atoms with Crippen molar-refractivity contribution in [3.63, 3.8) is 0 Å². The van der Waals surface area contributed by atoms with E-state index in [1.54, 1.807) is 30.6 Å². The summed E-state index contributed by atoms with van der Waals surface area (Å²) in [4.78, 5) is 77.4. The van der Waals surface area contributed by atoms with Gasteiger partial charge in [0, 0.05) is 43.4 Å². The van der Waals surface area contributed by atoms with Gasteiger partial charge in [0.2, 0.25) is 17.7 Å². The SMILES string of the molecule is CC(=O)N1CCN(C(=O)[C@@H]2CCCN2C(=O)[C@@H](NC(=O)c2cc3cc(C(F)(F)P(=O)(O)O)ccc3s2)C(C)(C)C)C[C@H]1c1ccccc1. The molecule has 258 valence electrons. The number of amides is 4. The van der Waals surface area contributed by atoms with Crippen LogP contribution in [0.3, 0.4) is 0 Å². The van der Waals surface area contributed by atoms with Crippen LogP contribution in [0.25, 0.3) is 10.1 Å². The lowest BCUT2D eigenvalue weighted by atomic mass is 9.85. The first kappa shape index (κ1) is 35.6. The molecule has 0 radical (unpaired) electrons. The Morgan fingerprint density at radius 3 is 2.29 bits per heavy atom. The van der Waals surface area contributed by atoms with E-state index in [4.69, 9.17) is 9.79 Å². The van der Waals surface area contributed by atoms with Crippen LogP contribution in [0.15, 0.2) is 54.6 Å². The second kappa shape index (κ2) is 13.3. The standard InChI is InChI=1S/C33H39F2N4O7PS/c1-20(40)38-16-15-37(19-25(38)21-9-6-5-7-10-21)30(42)24-11-8-14-39(24)31(43)28(32(2,3)4)36-29(41)27-18-22-17-23(12-13-26(22)48-27)33(34,35)47(44,45)46/h5-7,9-10,12-13,17-18,24-25,28H,8,11,14-16,19H2,1-4H3,(H,36,41)(H2,44,45,46)/t24-,25-,28+/m0/s1. The molecule has 1 aromatic heterocycles. The minimum absolute atomic E-state index is 0.0875. The van der Waals surface area contributed by atoms with E-state index in [9.17, 15) is 32.5 Å². The number of carbonyl (C=O) groups is 4. The van der Waals surface area contributed by atoms with Crippen LogP contribution in [-0.4, -0.2) is 86.4 Å². The molecule has 3 N–H and O–H groups in total. The molecule has 2 fully saturated rings. The van der Waals surface area contributed by atoms with E-state index in [-0.39, 0.29) is 34.7 Å². The molecule has 15 heteroatoms. The van der Waals surface area contributed by atoms with E-state index >= 15 is 0 Å². The topological polar surface area (TPSA) is 148 Å². The van der Waals surface area contributed by atoms with Crippen molar-refractivity contribution in [2.75, 3.05) is 26.2 Å². The first-order valence-corrected chi connectivity index (χ1v) is 18.0. The summed E-state index contributed by atoms with van der Waals surface area (Å²) in [6.07, 6.45) is 1.05. The van der Waals surface area contributed by atoms with Gasteiger partial charge in [-0.05, 0) is 47.4 Å². The van der Waals surface area contributed by atoms with Crippen molar-refractivity contribution in [3.05, 3.63) is 70.6 Å². The highest BCUT2D eigenvalue weighted by Gasteiger charge is 2.50. The normalized spacial score (nSPS) is 19.8. The quantitative estimate of drug-likeness (QED) is 0.302. The van der Waals surface area contributed by atoms with Crippen molar-refractivity contribution in [1.82, 2.24) is 20.0 Å². The van der Waals surface area contributed by atoms with Gasteiger partial charge in [-0.1, -0.05) is 57.2 Å². The van der Waals surface area contributed by atoms with Crippen LogP contribution >= 0.6 is 18.9 Å². The number of nitrogens with one attached hydrogen (secondary N) is 1. The maximum atomic E-state index is 14.3. The fourth-order valence-electron chi connectivity index (χ4n) is 6.35. The molecule has 11 nitrogen and oxygen atoms in total. The fourth-order valence-corrected chi connectivity index (χ4v) is 7.77. The summed E-state index contributed by atoms with van der Waals surface area (Å²) in [5.41, 5.74) is -5.14. The number of hydrogen-bond donors (Lipinski definition) is 3. The third-order valence-electron chi connectivity index (χ3n) is 8.94. The number of likely N-dealkylation sites (tertiary alicyclic amines) is 1. The van der Waals surface area contributed by atoms with Crippen molar-refractivity contribution >= 4 is 52.6 Å². The fraction of sp³-hybridized carbons (Fsp3) is 0.455. The van der Waals surface area contributed by atoms with Gasteiger partial charge in [-0.25, -0.2) is 0 Å². The van der Waals surface area contributed by atoms with Crippen molar-refractivity contribution in [2.45, 2.75) is 64.3 Å². The third kappa shape index (κ3) is 7.03. The van der Waals surface area contributed by atoms with Crippen LogP contribution in [0.4, 0.5) is 8.78 Å². The zero-order valence-electron chi connectivity index (χ0n) is 27.1. The van der Waals surface area contributed by atoms with Gasteiger partial charge in [-0.15, -0.1) is 11.3 Å². The Balaban J connectivity index is 1.34. The number of rotatable bonds is 7. The number of halogens is 2. The van der Waals surface area contributed by atoms with Crippen molar-refractivity contribution in [1.29, 1.82) is 0 Å². The van der Waals surface area contributed by atoms with Gasteiger partial charge >= 0.3 is 13.3 Å². The molecule has 48 heavy (non-hydrogen) atoms. The lowest BCUT2D eigenvalue weighted by Gasteiger charge is -2.43. The van der Waals surface area contributed by atoms with E-state index in [0.717, 1.165) is 29.0 Å². The predicted octanol–water partition coefficient (Wildman–Crippen LogP) is 4.70. The molecule has 0 aliphatic carbocycles. The van der Waals surface area contributed by atoms with E-state index in [2.05, 4.69) is 5.32 Å². The summed E-state index contributed by atoms with van der Waals surface area (Å²) in [5.74, 6) is -1.34. The summed E-state index contributed by atoms with van der Waals surface area (Å²) in [6.45, 7) is 8.16. The molecule has 2 aliphatic rings. The average molecular weight is 705 g/mol. The molecule has 0 saturated carbocycles. The lowest BCUT2D eigenvalue weighted by Crippen LogP contribution is -2.59. The molecule has 3 heterocycles. The number of carbonyl (C=O) groups excluding carboxylic acids is 4. The Bertz CT molecular complexity index is 1770. The van der Waals surface area contributed by atoms with Gasteiger partial charge in [0.1, 0.15) is 12.1 Å². The van der Waals surface area contributed by atoms with Gasteiger partial charge < -0.3 is 29.8 Å². The zero-order chi connectivity index (χ0) is 35.2. The van der Waals surface area contributed by atoms with Gasteiger partial charge in [-0.2, -0.15) is 8.78 Å². The number of nitrogens with zero attached hydrogens (tertiary/aromatic N) is 3. The molecule has 3 atom stereocenters. The molecular formula is C33H39F2N4O7PS. The van der Waals surface area contributed by atoms with Gasteiger partial charge in [-0.3, -0.25) is 23.7 Å². The zero-order valence-corrected chi connectivity index (χ0v) is 28.8. The summed E-state index contributed by atoms with van der Waals surface area (Å²) in [6, 6.07) is 11.8. The lowest BCUT2D eigenvalue weighted by molar-refractivity contribution is -0.149. The van der Waals surface area contributed by atoms with E-state index in [1.165, 1.54) is 24.0 Å². The van der Waals surface area contributed by atoms with Crippen molar-refractivity contribution in [2.24, 2.45) is 5.41 Å². The van der Waals surface area contributed by atoms with Gasteiger partial charge in [0.15, 0.2) is 0 Å². The van der Waals surface area contributed by atoms with Crippen molar-refractivity contribution in [3.8, 4) is 0 Å². The minimum atomic E-state index is -5.78. The maximum absolute atomic E-state index is 14.3. The van der Waals surface area contributed by atoms with Gasteiger partial charge in [0.05, 0.1) is 10.9 Å². The Morgan fingerprint density at radius 2 is 1.67 bits per heavy atom. The van der Waals surface area contributed by atoms with Crippen molar-refractivity contribution < 1.29 is 42.3 Å². The monoisotopic (exact) mass is 704 g/mol. The number of alkyl halides is 2. The molecule has 0 unspecified atom stereocenters. The summed E-state index contributed by atoms with van der Waals surface area (Å²) in [5, 5.41) is 3.00. The predicted molar refractivity (Wildman–Crippen MR) is 176 cm³/mol. The number of hydrogen-bond acceptors (Lipinski definition) is 6. The molecule has 2 aromatic carbocycles. The van der Waals surface area contributed by atoms with E-state index in [0.29, 0.717) is 37.2 Å². The molecule has 3 aromatic rings. The molecule has 0 spiro atoms. The number of thiophene rings is 1. The highest BCUT2D eigenvalue weighted by molar-refractivity contribution is 7.52. The molecule has 2 aliphatic heterocycles. The Hall–Kier alpha value is -3.71. The average Bonchev–Trinajstić information content (AvgIpc) is 3.69. The second-order valence-corrected chi connectivity index (χ2v) is 16.1. The van der Waals surface area contributed by atoms with Crippen LogP contribution in [0.2, 0.25) is 0 Å². The van der Waals surface area contributed by atoms with Crippen LogP contribution in [-0.2, 0) is 24.6 Å². The van der Waals surface area contributed by atoms with Crippen LogP contribution in [0.1, 0.15) is 67.4 Å². The second-order valence-electron chi connectivity index (χ2n) is 13.3. The molecular weight excluding hydrogens is 665 g/mol. The van der Waals surface area contributed by atoms with Crippen LogP contribution < -0.4 is 5.32 Å². The minimum Gasteiger partial charge on any atom is -0.339 e. The summed E-state index contributed by atoms with van der Waals surface area (Å²) in [7, 11) is -5.78. The Kier molecular flexibility index (Phi) is 9.86. The highest BCUT2D eigenvalue weighted by Crippen LogP contribution is 2.59. The largest absolute Gasteiger partial charge is 0.399 e. The number of benzene rings is 2. The Morgan fingerprint density at radius 1 is 0.979 bits per heavy atom. The molecule has 2 saturated heterocycles. The molecule has 4 amide bonds. The Labute approximate surface area is 281 Å². The van der Waals surface area contributed by atoms with Crippen LogP contribution in [0.5, 0.6) is 0 Å². The van der Waals surface area contributed by atoms with E-state index in [1.807, 2.05) is 30.3 Å². The van der Waals surface area contributed by atoms with E-state index < -0.39 is 48.1 Å². The first-order chi connectivity index (χ1) is 22.4. The highest BCUT2D eigenvalue weighted by atomic mass is 32.1. The smallest absolute Gasteiger partial charge is 0.339 e. The summed E-state index contributed by atoms with van der Waals surface area (Å²) < 4.78 is 40.5. The third-order valence-corrected chi connectivity index (χ3v) is 11.0.